The molecule has 6 nitrogen and oxygen atoms in total. The van der Waals surface area contributed by atoms with Gasteiger partial charge < -0.3 is 4.90 Å². The number of rotatable bonds is 6. The molecule has 1 amide bonds. The molecule has 172 valence electrons. The molecule has 3 aromatic rings. The van der Waals surface area contributed by atoms with E-state index in [0.717, 1.165) is 12.1 Å². The minimum atomic E-state index is -3.86. The molecule has 0 saturated carbocycles. The van der Waals surface area contributed by atoms with Gasteiger partial charge in [0.15, 0.2) is 0 Å². The Kier molecular flexibility index (Phi) is 6.71. The summed E-state index contributed by atoms with van der Waals surface area (Å²) < 4.78 is 54.2. The number of halogens is 2. The molecule has 3 aromatic carbocycles. The van der Waals surface area contributed by atoms with Crippen LogP contribution in [0.3, 0.4) is 0 Å². The third-order valence-electron chi connectivity index (χ3n) is 5.52. The predicted octanol–water partition coefficient (Wildman–Crippen LogP) is 3.72. The van der Waals surface area contributed by atoms with Gasteiger partial charge in [0, 0.05) is 49.5 Å². The fraction of sp³-hybridized carbons (Fsp3) is 0.208. The van der Waals surface area contributed by atoms with Gasteiger partial charge in [0.05, 0.1) is 4.90 Å². The van der Waals surface area contributed by atoms with E-state index in [9.17, 15) is 22.0 Å². The van der Waals surface area contributed by atoms with Gasteiger partial charge in [-0.15, -0.1) is 0 Å². The maximum Gasteiger partial charge on any atom is 0.261 e. The Labute approximate surface area is 191 Å². The van der Waals surface area contributed by atoms with E-state index in [1.807, 2.05) is 6.07 Å². The summed E-state index contributed by atoms with van der Waals surface area (Å²) in [5.41, 5.74) is 1.38. The van der Waals surface area contributed by atoms with Crippen LogP contribution >= 0.6 is 0 Å². The summed E-state index contributed by atoms with van der Waals surface area (Å²) in [5.74, 6) is -0.899. The topological polar surface area (TPSA) is 69.7 Å². The summed E-state index contributed by atoms with van der Waals surface area (Å²) in [6.45, 7) is 2.81. The summed E-state index contributed by atoms with van der Waals surface area (Å²) in [7, 11) is -3.86. The molecule has 1 heterocycles. The van der Waals surface area contributed by atoms with Crippen LogP contribution in [0.5, 0.6) is 0 Å². The van der Waals surface area contributed by atoms with Crippen molar-refractivity contribution in [3.8, 4) is 0 Å². The Balaban J connectivity index is 1.34. The van der Waals surface area contributed by atoms with Crippen LogP contribution in [0.15, 0.2) is 77.7 Å². The van der Waals surface area contributed by atoms with Crippen molar-refractivity contribution in [2.24, 2.45) is 0 Å². The third kappa shape index (κ3) is 5.55. The van der Waals surface area contributed by atoms with E-state index in [0.29, 0.717) is 49.5 Å². The molecule has 0 radical (unpaired) electrons. The van der Waals surface area contributed by atoms with Crippen LogP contribution in [0.25, 0.3) is 0 Å². The normalized spacial score (nSPS) is 14.8. The Bertz CT molecular complexity index is 1220. The number of carbonyl (C=O) groups is 1. The molecular weight excluding hydrogens is 448 g/mol. The smallest absolute Gasteiger partial charge is 0.261 e. The minimum absolute atomic E-state index is 0.0580. The highest BCUT2D eigenvalue weighted by atomic mass is 32.2. The second-order valence-electron chi connectivity index (χ2n) is 7.80. The standard InChI is InChI=1S/C24H23F2N3O3S/c25-20-7-11-22(12-8-20)33(31,32)27-21-9-5-18(6-10-21)24(30)29-15-13-28(14-16-29)17-19-3-1-2-4-23(19)26/h1-12,27H,13-17H2. The molecular formula is C24H23F2N3O3S. The van der Waals surface area contributed by atoms with Gasteiger partial charge in [-0.3, -0.25) is 14.4 Å². The molecule has 0 unspecified atom stereocenters. The number of nitrogens with zero attached hydrogens (tertiary/aromatic N) is 2. The number of nitrogens with one attached hydrogen (secondary N) is 1. The Morgan fingerprint density at radius 1 is 0.848 bits per heavy atom. The van der Waals surface area contributed by atoms with Crippen LogP contribution < -0.4 is 4.72 Å². The number of amides is 1. The third-order valence-corrected chi connectivity index (χ3v) is 6.92. The summed E-state index contributed by atoms with van der Waals surface area (Å²) in [6.07, 6.45) is 0. The van der Waals surface area contributed by atoms with E-state index in [2.05, 4.69) is 9.62 Å². The summed E-state index contributed by atoms with van der Waals surface area (Å²) in [4.78, 5) is 16.6. The average molecular weight is 472 g/mol. The quantitative estimate of drug-likeness (QED) is 0.595. The van der Waals surface area contributed by atoms with Crippen LogP contribution in [0.1, 0.15) is 15.9 Å². The van der Waals surface area contributed by atoms with Crippen molar-refractivity contribution in [3.05, 3.63) is 95.6 Å². The molecule has 1 aliphatic rings. The highest BCUT2D eigenvalue weighted by molar-refractivity contribution is 7.92. The summed E-state index contributed by atoms with van der Waals surface area (Å²) >= 11 is 0. The predicted molar refractivity (Wildman–Crippen MR) is 121 cm³/mol. The lowest BCUT2D eigenvalue weighted by molar-refractivity contribution is 0.0627. The molecule has 33 heavy (non-hydrogen) atoms. The number of carbonyl (C=O) groups excluding carboxylic acids is 1. The van der Waals surface area contributed by atoms with E-state index in [1.165, 1.54) is 30.3 Å². The molecule has 1 N–H and O–H groups in total. The number of benzene rings is 3. The van der Waals surface area contributed by atoms with Crippen molar-refractivity contribution >= 4 is 21.6 Å². The molecule has 0 atom stereocenters. The molecule has 1 fully saturated rings. The zero-order valence-corrected chi connectivity index (χ0v) is 18.6. The van der Waals surface area contributed by atoms with Crippen molar-refractivity contribution in [1.82, 2.24) is 9.80 Å². The van der Waals surface area contributed by atoms with E-state index >= 15 is 0 Å². The van der Waals surface area contributed by atoms with Crippen LogP contribution in [0, 0.1) is 11.6 Å². The first-order valence-electron chi connectivity index (χ1n) is 10.5. The van der Waals surface area contributed by atoms with Gasteiger partial charge in [-0.2, -0.15) is 0 Å². The number of piperazine rings is 1. The second kappa shape index (κ2) is 9.68. The van der Waals surface area contributed by atoms with Crippen LogP contribution in [-0.4, -0.2) is 50.3 Å². The zero-order valence-electron chi connectivity index (χ0n) is 17.7. The van der Waals surface area contributed by atoms with Crippen molar-refractivity contribution in [3.63, 3.8) is 0 Å². The maximum absolute atomic E-state index is 13.9. The van der Waals surface area contributed by atoms with Gasteiger partial charge in [-0.05, 0) is 54.6 Å². The van der Waals surface area contributed by atoms with Gasteiger partial charge in [0.25, 0.3) is 15.9 Å². The molecule has 1 saturated heterocycles. The summed E-state index contributed by atoms with van der Waals surface area (Å²) in [5, 5.41) is 0. The molecule has 4 rings (SSSR count). The molecule has 1 aliphatic heterocycles. The molecule has 0 spiro atoms. The largest absolute Gasteiger partial charge is 0.336 e. The summed E-state index contributed by atoms with van der Waals surface area (Å²) in [6, 6.07) is 17.4. The highest BCUT2D eigenvalue weighted by Gasteiger charge is 2.23. The minimum Gasteiger partial charge on any atom is -0.336 e. The average Bonchev–Trinajstić information content (AvgIpc) is 2.81. The van der Waals surface area contributed by atoms with Crippen molar-refractivity contribution < 1.29 is 22.0 Å². The number of anilines is 1. The van der Waals surface area contributed by atoms with Crippen molar-refractivity contribution in [1.29, 1.82) is 0 Å². The fourth-order valence-corrected chi connectivity index (χ4v) is 4.73. The van der Waals surface area contributed by atoms with Crippen molar-refractivity contribution in [2.75, 3.05) is 30.9 Å². The van der Waals surface area contributed by atoms with E-state index < -0.39 is 15.8 Å². The van der Waals surface area contributed by atoms with Gasteiger partial charge in [0.2, 0.25) is 0 Å². The molecule has 0 bridgehead atoms. The van der Waals surface area contributed by atoms with E-state index in [4.69, 9.17) is 0 Å². The lowest BCUT2D eigenvalue weighted by atomic mass is 10.1. The highest BCUT2D eigenvalue weighted by Crippen LogP contribution is 2.19. The van der Waals surface area contributed by atoms with Crippen molar-refractivity contribution in [2.45, 2.75) is 11.4 Å². The molecule has 0 aromatic heterocycles. The van der Waals surface area contributed by atoms with Crippen LogP contribution in [-0.2, 0) is 16.6 Å². The Hall–Kier alpha value is -3.30. The van der Waals surface area contributed by atoms with Crippen LogP contribution in [0.4, 0.5) is 14.5 Å². The van der Waals surface area contributed by atoms with E-state index in [1.54, 1.807) is 29.2 Å². The Morgan fingerprint density at radius 2 is 1.48 bits per heavy atom. The lowest BCUT2D eigenvalue weighted by Gasteiger charge is -2.34. The number of sulfonamides is 1. The van der Waals surface area contributed by atoms with Crippen LogP contribution in [0.2, 0.25) is 0 Å². The monoisotopic (exact) mass is 471 g/mol. The van der Waals surface area contributed by atoms with Gasteiger partial charge in [-0.25, -0.2) is 17.2 Å². The SMILES string of the molecule is O=C(c1ccc(NS(=O)(=O)c2ccc(F)cc2)cc1)N1CCN(Cc2ccccc2F)CC1. The lowest BCUT2D eigenvalue weighted by Crippen LogP contribution is -2.48. The fourth-order valence-electron chi connectivity index (χ4n) is 3.67. The first kappa shape index (κ1) is 22.9. The van der Waals surface area contributed by atoms with Gasteiger partial charge >= 0.3 is 0 Å². The van der Waals surface area contributed by atoms with Gasteiger partial charge in [0.1, 0.15) is 11.6 Å². The maximum atomic E-state index is 13.9. The molecule has 0 aliphatic carbocycles. The van der Waals surface area contributed by atoms with Gasteiger partial charge in [-0.1, -0.05) is 18.2 Å². The van der Waals surface area contributed by atoms with E-state index in [-0.39, 0.29) is 16.6 Å². The zero-order chi connectivity index (χ0) is 23.4. The Morgan fingerprint density at radius 3 is 2.12 bits per heavy atom. The second-order valence-corrected chi connectivity index (χ2v) is 9.48. The number of hydrogen-bond donors (Lipinski definition) is 1. The first-order chi connectivity index (χ1) is 15.8. The first-order valence-corrected chi connectivity index (χ1v) is 11.9. The molecule has 9 heteroatoms. The number of hydrogen-bond acceptors (Lipinski definition) is 4.